The zero-order chi connectivity index (χ0) is 12.7. The highest BCUT2D eigenvalue weighted by Crippen LogP contribution is 2.46. The molecule has 1 aliphatic carbocycles. The van der Waals surface area contributed by atoms with Gasteiger partial charge in [0.25, 0.3) is 0 Å². The first-order chi connectivity index (χ1) is 8.74. The first-order valence-electron chi connectivity index (χ1n) is 5.92. The first kappa shape index (κ1) is 11.6. The molecule has 0 aliphatic heterocycles. The predicted octanol–water partition coefficient (Wildman–Crippen LogP) is 3.42. The van der Waals surface area contributed by atoms with Crippen LogP contribution in [0.25, 0.3) is 11.1 Å². The molecular formula is C15H14ClNO. The minimum Gasteiger partial charge on any atom is -0.497 e. The lowest BCUT2D eigenvalue weighted by Crippen LogP contribution is -2.11. The second-order valence-electron chi connectivity index (χ2n) is 4.47. The van der Waals surface area contributed by atoms with Crippen molar-refractivity contribution in [2.45, 2.75) is 5.92 Å². The van der Waals surface area contributed by atoms with Crippen LogP contribution >= 0.6 is 11.6 Å². The second kappa shape index (κ2) is 4.30. The van der Waals surface area contributed by atoms with Crippen molar-refractivity contribution in [2.24, 2.45) is 5.73 Å². The van der Waals surface area contributed by atoms with Gasteiger partial charge in [0.2, 0.25) is 0 Å². The van der Waals surface area contributed by atoms with Gasteiger partial charge < -0.3 is 10.5 Å². The zero-order valence-corrected chi connectivity index (χ0v) is 10.9. The van der Waals surface area contributed by atoms with Crippen LogP contribution in [0.2, 0.25) is 5.02 Å². The van der Waals surface area contributed by atoms with Gasteiger partial charge in [-0.2, -0.15) is 0 Å². The predicted molar refractivity (Wildman–Crippen MR) is 74.3 cm³/mol. The summed E-state index contributed by atoms with van der Waals surface area (Å²) in [6.07, 6.45) is 0. The highest BCUT2D eigenvalue weighted by Gasteiger charge is 2.28. The molecule has 18 heavy (non-hydrogen) atoms. The molecule has 2 N–H and O–H groups in total. The largest absolute Gasteiger partial charge is 0.497 e. The van der Waals surface area contributed by atoms with E-state index in [0.717, 1.165) is 10.8 Å². The van der Waals surface area contributed by atoms with Crippen molar-refractivity contribution >= 4 is 11.6 Å². The fourth-order valence-electron chi connectivity index (χ4n) is 2.69. The van der Waals surface area contributed by atoms with Crippen molar-refractivity contribution in [1.29, 1.82) is 0 Å². The number of halogens is 1. The maximum absolute atomic E-state index is 6.08. The number of hydrogen-bond acceptors (Lipinski definition) is 2. The van der Waals surface area contributed by atoms with E-state index in [0.29, 0.717) is 6.54 Å². The summed E-state index contributed by atoms with van der Waals surface area (Å²) >= 11 is 6.08. The van der Waals surface area contributed by atoms with E-state index in [-0.39, 0.29) is 5.92 Å². The highest BCUT2D eigenvalue weighted by molar-refractivity contribution is 6.30. The standard InChI is InChI=1S/C15H14ClNO/c1-18-10-3-5-12-11-4-2-9(16)6-13(11)15(8-17)14(12)7-10/h2-7,15H,8,17H2,1H3. The summed E-state index contributed by atoms with van der Waals surface area (Å²) in [7, 11) is 1.68. The van der Waals surface area contributed by atoms with Gasteiger partial charge in [-0.3, -0.25) is 0 Å². The molecule has 92 valence electrons. The van der Waals surface area contributed by atoms with Crippen molar-refractivity contribution in [1.82, 2.24) is 0 Å². The molecular weight excluding hydrogens is 246 g/mol. The average Bonchev–Trinajstić information content (AvgIpc) is 2.70. The molecule has 0 saturated heterocycles. The summed E-state index contributed by atoms with van der Waals surface area (Å²) < 4.78 is 5.29. The van der Waals surface area contributed by atoms with E-state index in [1.807, 2.05) is 18.2 Å². The molecule has 0 bridgehead atoms. The summed E-state index contributed by atoms with van der Waals surface area (Å²) in [4.78, 5) is 0. The molecule has 0 heterocycles. The Morgan fingerprint density at radius 1 is 1.11 bits per heavy atom. The first-order valence-corrected chi connectivity index (χ1v) is 6.30. The number of rotatable bonds is 2. The number of benzene rings is 2. The van der Waals surface area contributed by atoms with E-state index in [2.05, 4.69) is 18.2 Å². The van der Waals surface area contributed by atoms with Gasteiger partial charge in [0.1, 0.15) is 5.75 Å². The molecule has 1 aliphatic rings. The van der Waals surface area contributed by atoms with Gasteiger partial charge in [0, 0.05) is 17.5 Å². The van der Waals surface area contributed by atoms with Crippen LogP contribution in [-0.2, 0) is 0 Å². The number of nitrogens with two attached hydrogens (primary N) is 1. The van der Waals surface area contributed by atoms with Crippen molar-refractivity contribution in [3.63, 3.8) is 0 Å². The summed E-state index contributed by atoms with van der Waals surface area (Å²) in [5.41, 5.74) is 10.8. The lowest BCUT2D eigenvalue weighted by atomic mass is 9.97. The topological polar surface area (TPSA) is 35.2 Å². The highest BCUT2D eigenvalue weighted by atomic mass is 35.5. The van der Waals surface area contributed by atoms with Crippen molar-refractivity contribution in [2.75, 3.05) is 13.7 Å². The van der Waals surface area contributed by atoms with Gasteiger partial charge >= 0.3 is 0 Å². The van der Waals surface area contributed by atoms with E-state index >= 15 is 0 Å². The monoisotopic (exact) mass is 259 g/mol. The normalized spacial score (nSPS) is 16.3. The third-order valence-corrected chi connectivity index (χ3v) is 3.78. The van der Waals surface area contributed by atoms with Crippen LogP contribution < -0.4 is 10.5 Å². The van der Waals surface area contributed by atoms with E-state index in [1.165, 1.54) is 22.3 Å². The Morgan fingerprint density at radius 3 is 2.44 bits per heavy atom. The molecule has 2 aromatic carbocycles. The quantitative estimate of drug-likeness (QED) is 0.897. The van der Waals surface area contributed by atoms with Crippen molar-refractivity contribution < 1.29 is 4.74 Å². The van der Waals surface area contributed by atoms with Gasteiger partial charge in [-0.05, 0) is 46.5 Å². The van der Waals surface area contributed by atoms with Gasteiger partial charge in [-0.15, -0.1) is 0 Å². The Bertz CT molecular complexity index is 609. The minimum atomic E-state index is 0.212. The number of methoxy groups -OCH3 is 1. The van der Waals surface area contributed by atoms with Crippen LogP contribution in [0.15, 0.2) is 36.4 Å². The van der Waals surface area contributed by atoms with Crippen molar-refractivity contribution in [3.8, 4) is 16.9 Å². The SMILES string of the molecule is COc1ccc2c(c1)C(CN)c1cc(Cl)ccc1-2. The third kappa shape index (κ3) is 1.61. The Hall–Kier alpha value is -1.51. The molecule has 3 rings (SSSR count). The molecule has 0 aromatic heterocycles. The van der Waals surface area contributed by atoms with E-state index < -0.39 is 0 Å². The second-order valence-corrected chi connectivity index (χ2v) is 4.91. The van der Waals surface area contributed by atoms with E-state index in [4.69, 9.17) is 22.1 Å². The van der Waals surface area contributed by atoms with Crippen LogP contribution in [0, 0.1) is 0 Å². The summed E-state index contributed by atoms with van der Waals surface area (Å²) in [6, 6.07) is 12.2. The number of fused-ring (bicyclic) bond motifs is 3. The van der Waals surface area contributed by atoms with Crippen LogP contribution in [-0.4, -0.2) is 13.7 Å². The maximum atomic E-state index is 6.08. The molecule has 2 aromatic rings. The smallest absolute Gasteiger partial charge is 0.119 e. The zero-order valence-electron chi connectivity index (χ0n) is 10.1. The van der Waals surface area contributed by atoms with Gasteiger partial charge in [0.15, 0.2) is 0 Å². The van der Waals surface area contributed by atoms with E-state index in [1.54, 1.807) is 7.11 Å². The van der Waals surface area contributed by atoms with Crippen LogP contribution in [0.3, 0.4) is 0 Å². The van der Waals surface area contributed by atoms with Crippen LogP contribution in [0.1, 0.15) is 17.0 Å². The lowest BCUT2D eigenvalue weighted by Gasteiger charge is -2.11. The van der Waals surface area contributed by atoms with Crippen LogP contribution in [0.4, 0.5) is 0 Å². The van der Waals surface area contributed by atoms with E-state index in [9.17, 15) is 0 Å². The summed E-state index contributed by atoms with van der Waals surface area (Å²) in [5.74, 6) is 1.08. The summed E-state index contributed by atoms with van der Waals surface area (Å²) in [5, 5.41) is 0.756. The Balaban J connectivity index is 2.23. The molecule has 0 amide bonds. The maximum Gasteiger partial charge on any atom is 0.119 e. The molecule has 1 unspecified atom stereocenters. The molecule has 3 heteroatoms. The van der Waals surface area contributed by atoms with Gasteiger partial charge in [-0.25, -0.2) is 0 Å². The van der Waals surface area contributed by atoms with Crippen molar-refractivity contribution in [3.05, 3.63) is 52.5 Å². The molecule has 2 nitrogen and oxygen atoms in total. The number of hydrogen-bond donors (Lipinski definition) is 1. The minimum absolute atomic E-state index is 0.212. The molecule has 0 saturated carbocycles. The Morgan fingerprint density at radius 2 is 1.78 bits per heavy atom. The molecule has 0 radical (unpaired) electrons. The molecule has 0 fully saturated rings. The Kier molecular flexibility index (Phi) is 2.77. The molecule has 0 spiro atoms. The third-order valence-electron chi connectivity index (χ3n) is 3.55. The number of ether oxygens (including phenoxy) is 1. The summed E-state index contributed by atoms with van der Waals surface area (Å²) in [6.45, 7) is 0.577. The average molecular weight is 260 g/mol. The fraction of sp³-hybridized carbons (Fsp3) is 0.200. The van der Waals surface area contributed by atoms with Gasteiger partial charge in [-0.1, -0.05) is 23.7 Å². The Labute approximate surface area is 111 Å². The molecule has 1 atom stereocenters. The van der Waals surface area contributed by atoms with Crippen LogP contribution in [0.5, 0.6) is 5.75 Å². The van der Waals surface area contributed by atoms with Gasteiger partial charge in [0.05, 0.1) is 7.11 Å². The fourth-order valence-corrected chi connectivity index (χ4v) is 2.87. The lowest BCUT2D eigenvalue weighted by molar-refractivity contribution is 0.414.